The second-order valence-electron chi connectivity index (χ2n) is 1.79. The molecule has 0 aliphatic rings. The third-order valence-corrected chi connectivity index (χ3v) is 1.95. The van der Waals surface area contributed by atoms with Crippen LogP contribution in [0.15, 0.2) is 34.7 Å². The molecule has 62 valence electrons. The zero-order valence-corrected chi connectivity index (χ0v) is 8.15. The summed E-state index contributed by atoms with van der Waals surface area (Å²) in [5.41, 5.74) is 0. The number of nitrogens with two attached hydrogens (primary N) is 1. The standard InChI is InChI=1S/C6H8BrNO2S/c1-5(7)3-4-6(2)11(8,9)10/h3-4H,1-2H2,(H2,8,9,10)/b4-3-. The molecule has 0 atom stereocenters. The molecule has 0 amide bonds. The van der Waals surface area contributed by atoms with Gasteiger partial charge in [0.15, 0.2) is 0 Å². The monoisotopic (exact) mass is 237 g/mol. The van der Waals surface area contributed by atoms with E-state index in [9.17, 15) is 8.42 Å². The third-order valence-electron chi connectivity index (χ3n) is 0.816. The molecule has 5 heteroatoms. The second kappa shape index (κ2) is 3.85. The van der Waals surface area contributed by atoms with Gasteiger partial charge < -0.3 is 0 Å². The maximum absolute atomic E-state index is 10.5. The van der Waals surface area contributed by atoms with Gasteiger partial charge in [-0.1, -0.05) is 29.1 Å². The molecule has 0 aliphatic heterocycles. The molecule has 0 aliphatic carbocycles. The molecule has 0 fully saturated rings. The van der Waals surface area contributed by atoms with Gasteiger partial charge in [-0.15, -0.1) is 0 Å². The zero-order chi connectivity index (χ0) is 9.07. The average Bonchev–Trinajstić information content (AvgIpc) is 1.80. The van der Waals surface area contributed by atoms with E-state index in [-0.39, 0.29) is 4.91 Å². The highest BCUT2D eigenvalue weighted by atomic mass is 79.9. The van der Waals surface area contributed by atoms with E-state index in [1.807, 2.05) is 0 Å². The van der Waals surface area contributed by atoms with E-state index in [0.717, 1.165) is 0 Å². The first-order chi connectivity index (χ1) is 4.84. The Hall–Kier alpha value is -0.390. The molecule has 2 N–H and O–H groups in total. The van der Waals surface area contributed by atoms with Gasteiger partial charge in [0.05, 0.1) is 4.91 Å². The van der Waals surface area contributed by atoms with Gasteiger partial charge in [-0.05, 0) is 12.2 Å². The zero-order valence-electron chi connectivity index (χ0n) is 5.75. The first-order valence-electron chi connectivity index (χ1n) is 2.58. The number of primary sulfonamides is 1. The lowest BCUT2D eigenvalue weighted by molar-refractivity contribution is 0.604. The fourth-order valence-corrected chi connectivity index (χ4v) is 0.668. The molecule has 3 nitrogen and oxygen atoms in total. The Morgan fingerprint density at radius 3 is 2.09 bits per heavy atom. The van der Waals surface area contributed by atoms with E-state index in [0.29, 0.717) is 4.48 Å². The van der Waals surface area contributed by atoms with Crippen molar-refractivity contribution >= 4 is 26.0 Å². The predicted octanol–water partition coefficient (Wildman–Crippen LogP) is 1.25. The number of halogens is 1. The van der Waals surface area contributed by atoms with Gasteiger partial charge in [0, 0.05) is 4.48 Å². The molecule has 0 unspecified atom stereocenters. The molecule has 0 aromatic carbocycles. The summed E-state index contributed by atoms with van der Waals surface area (Å²) in [4.78, 5) is -0.141. The van der Waals surface area contributed by atoms with Crippen molar-refractivity contribution in [3.63, 3.8) is 0 Å². The van der Waals surface area contributed by atoms with Crippen molar-refractivity contribution < 1.29 is 8.42 Å². The molecule has 0 bridgehead atoms. The Balaban J connectivity index is 4.46. The van der Waals surface area contributed by atoms with Gasteiger partial charge in [0.25, 0.3) is 0 Å². The largest absolute Gasteiger partial charge is 0.237 e. The number of hydrogen-bond donors (Lipinski definition) is 1. The molecular weight excluding hydrogens is 230 g/mol. The minimum Gasteiger partial charge on any atom is -0.225 e. The summed E-state index contributed by atoms with van der Waals surface area (Å²) in [5, 5.41) is 4.74. The first-order valence-corrected chi connectivity index (χ1v) is 4.92. The molecule has 0 heterocycles. The number of hydrogen-bond acceptors (Lipinski definition) is 2. The minimum atomic E-state index is -3.64. The van der Waals surface area contributed by atoms with Crippen molar-refractivity contribution in [3.8, 4) is 0 Å². The summed E-state index contributed by atoms with van der Waals surface area (Å²) in [6.45, 7) is 6.70. The molecule has 0 rings (SSSR count). The summed E-state index contributed by atoms with van der Waals surface area (Å²) < 4.78 is 21.6. The van der Waals surface area contributed by atoms with Crippen molar-refractivity contribution in [2.75, 3.05) is 0 Å². The maximum atomic E-state index is 10.5. The highest BCUT2D eigenvalue weighted by molar-refractivity contribution is 9.11. The Labute approximate surface area is 74.5 Å². The Morgan fingerprint density at radius 2 is 1.82 bits per heavy atom. The van der Waals surface area contributed by atoms with Crippen LogP contribution in [-0.2, 0) is 10.0 Å². The summed E-state index contributed by atoms with van der Waals surface area (Å²) in [5.74, 6) is 0. The SMILES string of the molecule is C=C(Br)/C=C\C(=C)S(N)(=O)=O. The van der Waals surface area contributed by atoms with E-state index < -0.39 is 10.0 Å². The van der Waals surface area contributed by atoms with Crippen LogP contribution in [-0.4, -0.2) is 8.42 Å². The van der Waals surface area contributed by atoms with Crippen LogP contribution >= 0.6 is 15.9 Å². The summed E-state index contributed by atoms with van der Waals surface area (Å²) in [7, 11) is -3.64. The third kappa shape index (κ3) is 4.94. The maximum Gasteiger partial charge on any atom is 0.237 e. The molecular formula is C6H8BrNO2S. The Bertz CT molecular complexity index is 303. The summed E-state index contributed by atoms with van der Waals surface area (Å²) in [6.07, 6.45) is 2.72. The quantitative estimate of drug-likeness (QED) is 0.752. The fourth-order valence-electron chi connectivity index (χ4n) is 0.278. The van der Waals surface area contributed by atoms with Crippen molar-refractivity contribution in [1.29, 1.82) is 0 Å². The topological polar surface area (TPSA) is 60.2 Å². The van der Waals surface area contributed by atoms with E-state index in [2.05, 4.69) is 29.1 Å². The van der Waals surface area contributed by atoms with Crippen molar-refractivity contribution in [2.45, 2.75) is 0 Å². The lowest BCUT2D eigenvalue weighted by Crippen LogP contribution is -2.12. The van der Waals surface area contributed by atoms with Crippen LogP contribution in [0.2, 0.25) is 0 Å². The summed E-state index contributed by atoms with van der Waals surface area (Å²) >= 11 is 3.01. The van der Waals surface area contributed by atoms with Crippen LogP contribution in [0, 0.1) is 0 Å². The van der Waals surface area contributed by atoms with E-state index in [1.54, 1.807) is 0 Å². The predicted molar refractivity (Wildman–Crippen MR) is 49.5 cm³/mol. The summed E-state index contributed by atoms with van der Waals surface area (Å²) in [6, 6.07) is 0. The number of rotatable bonds is 3. The molecule has 0 saturated carbocycles. The molecule has 11 heavy (non-hydrogen) atoms. The van der Waals surface area contributed by atoms with Crippen LogP contribution in [0.5, 0.6) is 0 Å². The van der Waals surface area contributed by atoms with Gasteiger partial charge in [0.2, 0.25) is 10.0 Å². The van der Waals surface area contributed by atoms with E-state index in [4.69, 9.17) is 5.14 Å². The average molecular weight is 238 g/mol. The van der Waals surface area contributed by atoms with Gasteiger partial charge >= 0.3 is 0 Å². The molecule has 0 aromatic rings. The second-order valence-corrected chi connectivity index (χ2v) is 4.42. The lowest BCUT2D eigenvalue weighted by atomic mass is 10.5. The highest BCUT2D eigenvalue weighted by Gasteiger charge is 2.03. The number of allylic oxidation sites excluding steroid dienone is 3. The van der Waals surface area contributed by atoms with Crippen LogP contribution in [0.1, 0.15) is 0 Å². The Kier molecular flexibility index (Phi) is 3.71. The van der Waals surface area contributed by atoms with Crippen LogP contribution in [0.3, 0.4) is 0 Å². The lowest BCUT2D eigenvalue weighted by Gasteiger charge is -1.92. The molecule has 0 aromatic heterocycles. The van der Waals surface area contributed by atoms with Gasteiger partial charge in [-0.3, -0.25) is 0 Å². The van der Waals surface area contributed by atoms with Crippen molar-refractivity contribution in [3.05, 3.63) is 34.7 Å². The molecule has 0 radical (unpaired) electrons. The van der Waals surface area contributed by atoms with E-state index >= 15 is 0 Å². The van der Waals surface area contributed by atoms with Gasteiger partial charge in [-0.25, -0.2) is 13.6 Å². The highest BCUT2D eigenvalue weighted by Crippen LogP contribution is 2.06. The fraction of sp³-hybridized carbons (Fsp3) is 0. The van der Waals surface area contributed by atoms with Gasteiger partial charge in [-0.2, -0.15) is 0 Å². The van der Waals surface area contributed by atoms with Crippen molar-refractivity contribution in [1.82, 2.24) is 0 Å². The molecule has 0 spiro atoms. The van der Waals surface area contributed by atoms with Crippen LogP contribution in [0.4, 0.5) is 0 Å². The van der Waals surface area contributed by atoms with Gasteiger partial charge in [0.1, 0.15) is 0 Å². The molecule has 0 saturated heterocycles. The minimum absolute atomic E-state index is 0.141. The number of sulfonamides is 1. The van der Waals surface area contributed by atoms with E-state index in [1.165, 1.54) is 12.2 Å². The smallest absolute Gasteiger partial charge is 0.225 e. The first kappa shape index (κ1) is 10.6. The van der Waals surface area contributed by atoms with Crippen LogP contribution in [0.25, 0.3) is 0 Å². The van der Waals surface area contributed by atoms with Crippen molar-refractivity contribution in [2.24, 2.45) is 5.14 Å². The Morgan fingerprint density at radius 1 is 1.36 bits per heavy atom. The van der Waals surface area contributed by atoms with Crippen LogP contribution < -0.4 is 5.14 Å². The normalized spacial score (nSPS) is 11.8.